The Morgan fingerprint density at radius 2 is 1.97 bits per heavy atom. The minimum absolute atomic E-state index is 0.0133. The van der Waals surface area contributed by atoms with Gasteiger partial charge in [-0.3, -0.25) is 4.79 Å². The third kappa shape index (κ3) is 4.13. The number of ether oxygens (including phenoxy) is 1. The Labute approximate surface area is 192 Å². The minimum atomic E-state index is -3.68. The Bertz CT molecular complexity index is 1120. The predicted molar refractivity (Wildman–Crippen MR) is 124 cm³/mol. The molecule has 0 radical (unpaired) electrons. The standard InChI is InChI=1S/C23H27BrN2O4S/c1-15-11-20(7-9-22(15)30-3)31(28,29)25-10-4-5-17(14-25)23(27)26-16(2)12-18-13-19(24)6-8-21(18)26/h6-9,11,13,16-17H,4-5,10,12,14H2,1-3H3. The maximum absolute atomic E-state index is 13.5. The highest BCUT2D eigenvalue weighted by molar-refractivity contribution is 9.10. The number of methoxy groups -OCH3 is 1. The van der Waals surface area contributed by atoms with Gasteiger partial charge in [-0.1, -0.05) is 15.9 Å². The molecule has 2 aromatic carbocycles. The zero-order valence-electron chi connectivity index (χ0n) is 18.0. The lowest BCUT2D eigenvalue weighted by atomic mass is 9.97. The number of anilines is 1. The highest BCUT2D eigenvalue weighted by Crippen LogP contribution is 2.36. The Morgan fingerprint density at radius 3 is 2.68 bits per heavy atom. The van der Waals surface area contributed by atoms with E-state index in [1.54, 1.807) is 25.3 Å². The number of aryl methyl sites for hydroxylation is 1. The molecule has 1 fully saturated rings. The largest absolute Gasteiger partial charge is 0.496 e. The number of rotatable bonds is 4. The number of nitrogens with zero attached hydrogens (tertiary/aromatic N) is 2. The van der Waals surface area contributed by atoms with Gasteiger partial charge >= 0.3 is 0 Å². The van der Waals surface area contributed by atoms with Gasteiger partial charge in [0.25, 0.3) is 0 Å². The first-order valence-corrected chi connectivity index (χ1v) is 12.7. The molecule has 31 heavy (non-hydrogen) atoms. The summed E-state index contributed by atoms with van der Waals surface area (Å²) in [5, 5.41) is 0. The number of hydrogen-bond donors (Lipinski definition) is 0. The fraction of sp³-hybridized carbons (Fsp3) is 0.435. The average molecular weight is 507 g/mol. The van der Waals surface area contributed by atoms with Gasteiger partial charge in [0, 0.05) is 29.3 Å². The Hall–Kier alpha value is -1.90. The Balaban J connectivity index is 1.56. The molecule has 0 saturated carbocycles. The second-order valence-corrected chi connectivity index (χ2v) is 11.2. The number of carbonyl (C=O) groups is 1. The second kappa shape index (κ2) is 8.56. The molecule has 2 aliphatic rings. The molecule has 0 aromatic heterocycles. The number of sulfonamides is 1. The van der Waals surface area contributed by atoms with Crippen molar-refractivity contribution in [3.8, 4) is 5.75 Å². The molecule has 2 unspecified atom stereocenters. The molecular formula is C23H27BrN2O4S. The van der Waals surface area contributed by atoms with E-state index in [2.05, 4.69) is 22.0 Å². The van der Waals surface area contributed by atoms with Crippen molar-refractivity contribution >= 4 is 37.5 Å². The van der Waals surface area contributed by atoms with Crippen molar-refractivity contribution in [3.63, 3.8) is 0 Å². The molecule has 166 valence electrons. The van der Waals surface area contributed by atoms with E-state index in [9.17, 15) is 13.2 Å². The predicted octanol–water partition coefficient (Wildman–Crippen LogP) is 4.14. The Kier molecular flexibility index (Phi) is 6.16. The van der Waals surface area contributed by atoms with E-state index in [0.29, 0.717) is 25.1 Å². The third-order valence-corrected chi connectivity index (χ3v) is 8.59. The van der Waals surface area contributed by atoms with Crippen LogP contribution in [0.4, 0.5) is 5.69 Å². The quantitative estimate of drug-likeness (QED) is 0.624. The van der Waals surface area contributed by atoms with E-state index in [-0.39, 0.29) is 29.3 Å². The van der Waals surface area contributed by atoms with Gasteiger partial charge in [0.1, 0.15) is 5.75 Å². The van der Waals surface area contributed by atoms with Crippen molar-refractivity contribution in [3.05, 3.63) is 52.0 Å². The SMILES string of the molecule is COc1ccc(S(=O)(=O)N2CCCC(C(=O)N3c4ccc(Br)cc4CC3C)C2)cc1C. The molecule has 2 aliphatic heterocycles. The number of hydrogen-bond acceptors (Lipinski definition) is 4. The van der Waals surface area contributed by atoms with Crippen molar-refractivity contribution in [2.45, 2.75) is 44.0 Å². The number of piperidine rings is 1. The van der Waals surface area contributed by atoms with E-state index in [4.69, 9.17) is 4.74 Å². The van der Waals surface area contributed by atoms with Crippen molar-refractivity contribution in [2.75, 3.05) is 25.1 Å². The van der Waals surface area contributed by atoms with Gasteiger partial charge in [-0.15, -0.1) is 0 Å². The average Bonchev–Trinajstić information content (AvgIpc) is 3.07. The van der Waals surface area contributed by atoms with Crippen LogP contribution in [0, 0.1) is 12.8 Å². The molecule has 1 saturated heterocycles. The van der Waals surface area contributed by atoms with Crippen LogP contribution >= 0.6 is 15.9 Å². The molecule has 6 nitrogen and oxygen atoms in total. The maximum atomic E-state index is 13.5. The normalized spacial score (nSPS) is 21.7. The molecular weight excluding hydrogens is 480 g/mol. The first-order valence-electron chi connectivity index (χ1n) is 10.5. The number of carbonyl (C=O) groups excluding carboxylic acids is 1. The van der Waals surface area contributed by atoms with Crippen molar-refractivity contribution in [1.29, 1.82) is 0 Å². The summed E-state index contributed by atoms with van der Waals surface area (Å²) in [4.78, 5) is 15.6. The first kappa shape index (κ1) is 22.3. The van der Waals surface area contributed by atoms with Crippen LogP contribution in [0.1, 0.15) is 30.9 Å². The Morgan fingerprint density at radius 1 is 1.19 bits per heavy atom. The highest BCUT2D eigenvalue weighted by atomic mass is 79.9. The first-order chi connectivity index (χ1) is 14.7. The summed E-state index contributed by atoms with van der Waals surface area (Å²) in [5.41, 5.74) is 2.84. The maximum Gasteiger partial charge on any atom is 0.243 e. The van der Waals surface area contributed by atoms with E-state index < -0.39 is 10.0 Å². The van der Waals surface area contributed by atoms with Crippen LogP contribution in [-0.2, 0) is 21.2 Å². The number of amides is 1. The van der Waals surface area contributed by atoms with Crippen molar-refractivity contribution in [2.24, 2.45) is 5.92 Å². The number of halogens is 1. The molecule has 0 spiro atoms. The lowest BCUT2D eigenvalue weighted by molar-refractivity contribution is -0.123. The van der Waals surface area contributed by atoms with Gasteiger partial charge in [0.05, 0.1) is 17.9 Å². The van der Waals surface area contributed by atoms with Crippen molar-refractivity contribution < 1.29 is 17.9 Å². The fourth-order valence-electron chi connectivity index (χ4n) is 4.65. The summed E-state index contributed by atoms with van der Waals surface area (Å²) >= 11 is 3.50. The van der Waals surface area contributed by atoms with Crippen LogP contribution in [0.2, 0.25) is 0 Å². The summed E-state index contributed by atoms with van der Waals surface area (Å²) < 4.78 is 34.3. The summed E-state index contributed by atoms with van der Waals surface area (Å²) in [6, 6.07) is 10.9. The summed E-state index contributed by atoms with van der Waals surface area (Å²) in [5.74, 6) is 0.318. The van der Waals surface area contributed by atoms with Gasteiger partial charge in [-0.2, -0.15) is 4.31 Å². The monoisotopic (exact) mass is 506 g/mol. The molecule has 0 aliphatic carbocycles. The van der Waals surface area contributed by atoms with Gasteiger partial charge in [0.15, 0.2) is 0 Å². The zero-order chi connectivity index (χ0) is 22.3. The second-order valence-electron chi connectivity index (χ2n) is 8.37. The van der Waals surface area contributed by atoms with E-state index in [1.807, 2.05) is 30.9 Å². The van der Waals surface area contributed by atoms with Crippen LogP contribution in [0.3, 0.4) is 0 Å². The number of benzene rings is 2. The molecule has 8 heteroatoms. The van der Waals surface area contributed by atoms with E-state index >= 15 is 0 Å². The minimum Gasteiger partial charge on any atom is -0.496 e. The van der Waals surface area contributed by atoms with Crippen LogP contribution in [0.25, 0.3) is 0 Å². The number of fused-ring (bicyclic) bond motifs is 1. The molecule has 4 rings (SSSR count). The van der Waals surface area contributed by atoms with Gasteiger partial charge in [-0.25, -0.2) is 8.42 Å². The zero-order valence-corrected chi connectivity index (χ0v) is 20.4. The van der Waals surface area contributed by atoms with Gasteiger partial charge in [-0.05, 0) is 80.6 Å². The van der Waals surface area contributed by atoms with E-state index in [1.165, 1.54) is 4.31 Å². The molecule has 2 atom stereocenters. The fourth-order valence-corrected chi connectivity index (χ4v) is 6.67. The highest BCUT2D eigenvalue weighted by Gasteiger charge is 2.39. The summed E-state index contributed by atoms with van der Waals surface area (Å²) in [6.07, 6.45) is 2.17. The van der Waals surface area contributed by atoms with Crippen LogP contribution in [0.5, 0.6) is 5.75 Å². The lowest BCUT2D eigenvalue weighted by Crippen LogP contribution is -2.48. The molecule has 2 heterocycles. The lowest BCUT2D eigenvalue weighted by Gasteiger charge is -2.34. The smallest absolute Gasteiger partial charge is 0.243 e. The van der Waals surface area contributed by atoms with Crippen LogP contribution < -0.4 is 9.64 Å². The molecule has 1 amide bonds. The summed E-state index contributed by atoms with van der Waals surface area (Å²) in [7, 11) is -2.12. The molecule has 2 aromatic rings. The van der Waals surface area contributed by atoms with Crippen LogP contribution in [-0.4, -0.2) is 44.9 Å². The topological polar surface area (TPSA) is 66.9 Å². The third-order valence-electron chi connectivity index (χ3n) is 6.23. The van der Waals surface area contributed by atoms with Gasteiger partial charge in [0.2, 0.25) is 15.9 Å². The van der Waals surface area contributed by atoms with Crippen molar-refractivity contribution in [1.82, 2.24) is 4.31 Å². The molecule has 0 N–H and O–H groups in total. The summed E-state index contributed by atoms with van der Waals surface area (Å²) in [6.45, 7) is 4.51. The van der Waals surface area contributed by atoms with Gasteiger partial charge < -0.3 is 9.64 Å². The molecule has 0 bridgehead atoms. The van der Waals surface area contributed by atoms with Crippen LogP contribution in [0.15, 0.2) is 45.8 Å². The van der Waals surface area contributed by atoms with E-state index in [0.717, 1.165) is 27.7 Å².